The van der Waals surface area contributed by atoms with Gasteiger partial charge in [-0.25, -0.2) is 13.3 Å². The van der Waals surface area contributed by atoms with Crippen LogP contribution in [-0.2, 0) is 20.9 Å². The zero-order chi connectivity index (χ0) is 17.3. The van der Waals surface area contributed by atoms with E-state index in [1.54, 1.807) is 0 Å². The molecule has 3 fully saturated rings. The van der Waals surface area contributed by atoms with Crippen molar-refractivity contribution in [3.05, 3.63) is 35.2 Å². The van der Waals surface area contributed by atoms with E-state index in [1.807, 2.05) is 0 Å². The number of hydrogen-bond donors (Lipinski definition) is 0. The van der Waals surface area contributed by atoms with Gasteiger partial charge < -0.3 is 4.74 Å². The molecule has 0 aliphatic carbocycles. The number of fused-ring (bicyclic) bond motifs is 5. The Morgan fingerprint density at radius 2 is 1.96 bits per heavy atom. The molecule has 5 nitrogen and oxygen atoms in total. The molecule has 4 atom stereocenters. The maximum atomic E-state index is 13.1. The van der Waals surface area contributed by atoms with Gasteiger partial charge in [0.2, 0.25) is 10.0 Å². The number of rotatable bonds is 1. The molecule has 0 N–H and O–H groups in total. The molecule has 3 heterocycles. The summed E-state index contributed by atoms with van der Waals surface area (Å²) in [6, 6.07) is 3.05. The molecule has 4 rings (SSSR count). The molecule has 0 spiro atoms. The minimum Gasteiger partial charge on any atom is -0.373 e. The molecule has 0 aromatic heterocycles. The molecule has 2 bridgehead atoms. The van der Waals surface area contributed by atoms with Crippen molar-refractivity contribution in [3.8, 4) is 0 Å². The largest absolute Gasteiger partial charge is 0.407 e. The van der Waals surface area contributed by atoms with Gasteiger partial charge in [-0.3, -0.25) is 4.31 Å². The lowest BCUT2D eigenvalue weighted by molar-refractivity contribution is -0.136. The van der Waals surface area contributed by atoms with Gasteiger partial charge in [-0.2, -0.15) is 13.2 Å². The van der Waals surface area contributed by atoms with E-state index in [4.69, 9.17) is 11.3 Å². The summed E-state index contributed by atoms with van der Waals surface area (Å²) < 4.78 is 71.7. The number of alkyl halides is 3. The molecular weight excluding hydrogens is 345 g/mol. The average molecular weight is 358 g/mol. The Bertz CT molecular complexity index is 847. The zero-order valence-corrected chi connectivity index (χ0v) is 13.1. The zero-order valence-electron chi connectivity index (χ0n) is 12.3. The number of halogens is 3. The Kier molecular flexibility index (Phi) is 3.19. The summed E-state index contributed by atoms with van der Waals surface area (Å²) in [7, 11) is -3.77. The average Bonchev–Trinajstić information content (AvgIpc) is 3.18. The lowest BCUT2D eigenvalue weighted by atomic mass is 9.89. The molecule has 128 valence electrons. The summed E-state index contributed by atoms with van der Waals surface area (Å²) in [5.41, 5.74) is -1.68. The van der Waals surface area contributed by atoms with Gasteiger partial charge in [0.15, 0.2) is 5.69 Å². The third-order valence-corrected chi connectivity index (χ3v) is 7.39. The van der Waals surface area contributed by atoms with Gasteiger partial charge in [0.25, 0.3) is 0 Å². The summed E-state index contributed by atoms with van der Waals surface area (Å²) in [5, 5.41) is -0.675. The molecule has 0 amide bonds. The van der Waals surface area contributed by atoms with Crippen molar-refractivity contribution in [2.45, 2.75) is 36.5 Å². The Morgan fingerprint density at radius 1 is 1.25 bits per heavy atom. The lowest BCUT2D eigenvalue weighted by Crippen LogP contribution is -2.36. The molecule has 1 aromatic carbocycles. The van der Waals surface area contributed by atoms with Crippen molar-refractivity contribution in [2.24, 2.45) is 5.92 Å². The van der Waals surface area contributed by atoms with Gasteiger partial charge in [0.05, 0.1) is 24.3 Å². The van der Waals surface area contributed by atoms with Crippen LogP contribution in [0, 0.1) is 12.5 Å². The van der Waals surface area contributed by atoms with Gasteiger partial charge in [-0.1, -0.05) is 6.07 Å². The molecule has 1 aromatic rings. The molecule has 0 radical (unpaired) electrons. The second kappa shape index (κ2) is 4.86. The fourth-order valence-corrected chi connectivity index (χ4v) is 6.43. The standard InChI is InChI=1S/C15H13F3N2O3S/c1-19-11-3-2-8(6-10(11)15(16,17)18)20-7-9-12-4-5-13(23-12)14(9)24(20,21)22/h2-3,6,9,12-14H,4-5,7H2/t9-,12+,13-,14-/m0/s1. The van der Waals surface area contributed by atoms with Gasteiger partial charge in [0.1, 0.15) is 5.25 Å². The molecule has 3 aliphatic heterocycles. The summed E-state index contributed by atoms with van der Waals surface area (Å²) in [6.07, 6.45) is -3.75. The van der Waals surface area contributed by atoms with Crippen LogP contribution in [0.5, 0.6) is 0 Å². The minimum atomic E-state index is -4.71. The van der Waals surface area contributed by atoms with Crippen molar-refractivity contribution < 1.29 is 26.3 Å². The van der Waals surface area contributed by atoms with E-state index in [1.165, 1.54) is 6.07 Å². The Morgan fingerprint density at radius 3 is 2.58 bits per heavy atom. The number of anilines is 1. The fraction of sp³-hybridized carbons (Fsp3) is 0.533. The minimum absolute atomic E-state index is 0.0384. The van der Waals surface area contributed by atoms with Gasteiger partial charge in [-0.05, 0) is 25.0 Å². The second-order valence-corrected chi connectivity index (χ2v) is 8.32. The molecule has 0 unspecified atom stereocenters. The van der Waals surface area contributed by atoms with Crippen molar-refractivity contribution in [1.29, 1.82) is 0 Å². The molecule has 0 saturated carbocycles. The maximum absolute atomic E-state index is 13.1. The Labute approximate surface area is 136 Å². The highest BCUT2D eigenvalue weighted by molar-refractivity contribution is 7.93. The normalized spacial score (nSPS) is 33.5. The highest BCUT2D eigenvalue weighted by Gasteiger charge is 2.61. The van der Waals surface area contributed by atoms with E-state index in [2.05, 4.69) is 4.85 Å². The molecule has 3 aliphatic rings. The Balaban J connectivity index is 1.77. The number of sulfonamides is 1. The van der Waals surface area contributed by atoms with E-state index in [0.29, 0.717) is 6.42 Å². The van der Waals surface area contributed by atoms with Crippen LogP contribution < -0.4 is 4.31 Å². The van der Waals surface area contributed by atoms with Crippen molar-refractivity contribution in [1.82, 2.24) is 0 Å². The summed E-state index contributed by atoms with van der Waals surface area (Å²) in [4.78, 5) is 2.87. The van der Waals surface area contributed by atoms with Crippen LogP contribution in [0.1, 0.15) is 18.4 Å². The van der Waals surface area contributed by atoms with E-state index < -0.39 is 32.7 Å². The van der Waals surface area contributed by atoms with Crippen LogP contribution in [0.2, 0.25) is 0 Å². The monoisotopic (exact) mass is 358 g/mol. The first-order valence-electron chi connectivity index (χ1n) is 7.49. The first-order valence-corrected chi connectivity index (χ1v) is 8.99. The highest BCUT2D eigenvalue weighted by atomic mass is 32.2. The molecule has 9 heteroatoms. The maximum Gasteiger partial charge on any atom is 0.407 e. The van der Waals surface area contributed by atoms with Gasteiger partial charge in [0, 0.05) is 18.2 Å². The first kappa shape index (κ1) is 15.7. The topological polar surface area (TPSA) is 51.0 Å². The van der Waals surface area contributed by atoms with Crippen molar-refractivity contribution in [2.75, 3.05) is 10.8 Å². The van der Waals surface area contributed by atoms with Crippen LogP contribution in [0.25, 0.3) is 4.85 Å². The van der Waals surface area contributed by atoms with E-state index in [0.717, 1.165) is 22.9 Å². The predicted molar refractivity (Wildman–Crippen MR) is 79.1 cm³/mol. The lowest BCUT2D eigenvalue weighted by Gasteiger charge is -2.22. The smallest absolute Gasteiger partial charge is 0.373 e. The summed E-state index contributed by atoms with van der Waals surface area (Å²) in [6.45, 7) is 6.99. The van der Waals surface area contributed by atoms with Crippen molar-refractivity contribution in [3.63, 3.8) is 0 Å². The van der Waals surface area contributed by atoms with Gasteiger partial charge in [-0.15, -0.1) is 0 Å². The predicted octanol–water partition coefficient (Wildman–Crippen LogP) is 2.95. The van der Waals surface area contributed by atoms with Crippen LogP contribution in [0.4, 0.5) is 24.5 Å². The van der Waals surface area contributed by atoms with E-state index >= 15 is 0 Å². The summed E-state index contributed by atoms with van der Waals surface area (Å²) >= 11 is 0. The van der Waals surface area contributed by atoms with E-state index in [-0.39, 0.29) is 30.4 Å². The van der Waals surface area contributed by atoms with E-state index in [9.17, 15) is 21.6 Å². The molecule has 3 saturated heterocycles. The van der Waals surface area contributed by atoms with Crippen LogP contribution in [0.15, 0.2) is 18.2 Å². The number of hydrogen-bond acceptors (Lipinski definition) is 3. The van der Waals surface area contributed by atoms with Crippen LogP contribution in [-0.4, -0.2) is 32.4 Å². The van der Waals surface area contributed by atoms with Crippen molar-refractivity contribution >= 4 is 21.4 Å². The molecule has 24 heavy (non-hydrogen) atoms. The van der Waals surface area contributed by atoms with Gasteiger partial charge >= 0.3 is 6.18 Å². The number of nitrogens with zero attached hydrogens (tertiary/aromatic N) is 2. The summed E-state index contributed by atoms with van der Waals surface area (Å²) in [5.74, 6) is -0.205. The highest BCUT2D eigenvalue weighted by Crippen LogP contribution is 2.49. The number of ether oxygens (including phenoxy) is 1. The number of benzene rings is 1. The SMILES string of the molecule is [C-]#[N+]c1ccc(N2C[C@@H]3[C@@H]([C@@H]4CC[C@H]3O4)S2(=O)=O)cc1C(F)(F)F. The fourth-order valence-electron chi connectivity index (χ4n) is 4.07. The Hall–Kier alpha value is -1.79. The second-order valence-electron chi connectivity index (χ2n) is 6.31. The first-order chi connectivity index (χ1) is 11.2. The van der Waals surface area contributed by atoms with Crippen LogP contribution >= 0.6 is 0 Å². The molecular formula is C15H13F3N2O3S. The van der Waals surface area contributed by atoms with Crippen LogP contribution in [0.3, 0.4) is 0 Å². The quantitative estimate of drug-likeness (QED) is 0.726. The third-order valence-electron chi connectivity index (χ3n) is 5.07. The third kappa shape index (κ3) is 2.06.